The van der Waals surface area contributed by atoms with Gasteiger partial charge in [-0.3, -0.25) is 19.3 Å². The standard InChI is InChI=1S/C17H21N5O3/c1-12-14(4-3-5-18-12)17(24)21-7-8-22-13(11-21)10-15(20-22)16(23)19-6-9-25-2/h3-5,10H,6-9,11H2,1-2H3,(H,19,23). The third-order valence-electron chi connectivity index (χ3n) is 4.15. The van der Waals surface area contributed by atoms with Crippen LogP contribution in [-0.2, 0) is 17.8 Å². The molecule has 0 fully saturated rings. The Morgan fingerprint density at radius 3 is 2.96 bits per heavy atom. The van der Waals surface area contributed by atoms with E-state index in [0.29, 0.717) is 49.7 Å². The summed E-state index contributed by atoms with van der Waals surface area (Å²) in [6.07, 6.45) is 1.67. The van der Waals surface area contributed by atoms with Crippen LogP contribution in [0.4, 0.5) is 0 Å². The van der Waals surface area contributed by atoms with Crippen molar-refractivity contribution < 1.29 is 14.3 Å². The van der Waals surface area contributed by atoms with Gasteiger partial charge in [-0.05, 0) is 25.1 Å². The summed E-state index contributed by atoms with van der Waals surface area (Å²) in [5.74, 6) is -0.288. The highest BCUT2D eigenvalue weighted by atomic mass is 16.5. The van der Waals surface area contributed by atoms with Crippen molar-refractivity contribution in [3.8, 4) is 0 Å². The fraction of sp³-hybridized carbons (Fsp3) is 0.412. The van der Waals surface area contributed by atoms with Crippen LogP contribution in [0.1, 0.15) is 32.2 Å². The van der Waals surface area contributed by atoms with Crippen LogP contribution in [0.3, 0.4) is 0 Å². The molecule has 1 aliphatic heterocycles. The maximum Gasteiger partial charge on any atom is 0.271 e. The van der Waals surface area contributed by atoms with Crippen molar-refractivity contribution in [1.82, 2.24) is 25.0 Å². The van der Waals surface area contributed by atoms with Gasteiger partial charge in [0.15, 0.2) is 5.69 Å². The van der Waals surface area contributed by atoms with Gasteiger partial charge in [0, 0.05) is 32.1 Å². The van der Waals surface area contributed by atoms with E-state index in [4.69, 9.17) is 4.74 Å². The molecule has 0 unspecified atom stereocenters. The second kappa shape index (κ2) is 7.43. The van der Waals surface area contributed by atoms with E-state index in [9.17, 15) is 9.59 Å². The molecule has 2 aromatic rings. The van der Waals surface area contributed by atoms with Crippen molar-refractivity contribution in [2.75, 3.05) is 26.8 Å². The van der Waals surface area contributed by atoms with Crippen molar-refractivity contribution in [3.63, 3.8) is 0 Å². The second-order valence-corrected chi connectivity index (χ2v) is 5.86. The van der Waals surface area contributed by atoms with Crippen molar-refractivity contribution in [2.45, 2.75) is 20.0 Å². The number of methoxy groups -OCH3 is 1. The fourth-order valence-electron chi connectivity index (χ4n) is 2.79. The Hall–Kier alpha value is -2.74. The molecular weight excluding hydrogens is 322 g/mol. The molecule has 8 heteroatoms. The van der Waals surface area contributed by atoms with Crippen LogP contribution >= 0.6 is 0 Å². The summed E-state index contributed by atoms with van der Waals surface area (Å²) in [5.41, 5.74) is 2.52. The molecule has 0 saturated heterocycles. The van der Waals surface area contributed by atoms with E-state index in [2.05, 4.69) is 15.4 Å². The molecule has 1 aliphatic rings. The fourth-order valence-corrected chi connectivity index (χ4v) is 2.79. The van der Waals surface area contributed by atoms with E-state index in [1.165, 1.54) is 0 Å². The molecule has 132 valence electrons. The predicted octanol–water partition coefficient (Wildman–Crippen LogP) is 0.619. The normalized spacial score (nSPS) is 13.4. The maximum atomic E-state index is 12.7. The Balaban J connectivity index is 1.70. The van der Waals surface area contributed by atoms with Gasteiger partial charge in [0.25, 0.3) is 11.8 Å². The van der Waals surface area contributed by atoms with Gasteiger partial charge in [-0.2, -0.15) is 5.10 Å². The van der Waals surface area contributed by atoms with Crippen LogP contribution in [0.15, 0.2) is 24.4 Å². The number of fused-ring (bicyclic) bond motifs is 1. The first-order valence-corrected chi connectivity index (χ1v) is 8.15. The Labute approximate surface area is 145 Å². The van der Waals surface area contributed by atoms with Gasteiger partial charge >= 0.3 is 0 Å². The highest BCUT2D eigenvalue weighted by Gasteiger charge is 2.25. The molecule has 0 radical (unpaired) electrons. The number of hydrogen-bond donors (Lipinski definition) is 1. The number of rotatable bonds is 5. The van der Waals surface area contributed by atoms with Crippen LogP contribution in [0.25, 0.3) is 0 Å². The number of carbonyl (C=O) groups excluding carboxylic acids is 2. The molecule has 3 rings (SSSR count). The van der Waals surface area contributed by atoms with Gasteiger partial charge in [-0.15, -0.1) is 0 Å². The number of amides is 2. The Kier molecular flexibility index (Phi) is 5.08. The van der Waals surface area contributed by atoms with Crippen molar-refractivity contribution in [3.05, 3.63) is 47.0 Å². The molecule has 0 aromatic carbocycles. The zero-order valence-electron chi connectivity index (χ0n) is 14.4. The number of carbonyl (C=O) groups is 2. The topological polar surface area (TPSA) is 89.4 Å². The number of pyridine rings is 1. The monoisotopic (exact) mass is 343 g/mol. The van der Waals surface area contributed by atoms with Crippen LogP contribution in [-0.4, -0.2) is 58.3 Å². The highest BCUT2D eigenvalue weighted by Crippen LogP contribution is 2.17. The van der Waals surface area contributed by atoms with E-state index in [1.54, 1.807) is 41.1 Å². The van der Waals surface area contributed by atoms with E-state index in [0.717, 1.165) is 5.69 Å². The molecule has 0 atom stereocenters. The first kappa shape index (κ1) is 17.1. The van der Waals surface area contributed by atoms with Crippen molar-refractivity contribution in [2.24, 2.45) is 0 Å². The Bertz CT molecular complexity index is 786. The Morgan fingerprint density at radius 2 is 2.20 bits per heavy atom. The molecule has 1 N–H and O–H groups in total. The van der Waals surface area contributed by atoms with Gasteiger partial charge in [-0.1, -0.05) is 0 Å². The smallest absolute Gasteiger partial charge is 0.271 e. The lowest BCUT2D eigenvalue weighted by molar-refractivity contribution is 0.0704. The van der Waals surface area contributed by atoms with Crippen molar-refractivity contribution >= 4 is 11.8 Å². The van der Waals surface area contributed by atoms with Gasteiger partial charge in [0.2, 0.25) is 0 Å². The van der Waals surface area contributed by atoms with Crippen LogP contribution < -0.4 is 5.32 Å². The molecule has 0 bridgehead atoms. The van der Waals surface area contributed by atoms with Gasteiger partial charge in [0.1, 0.15) is 0 Å². The lowest BCUT2D eigenvalue weighted by Crippen LogP contribution is -2.38. The predicted molar refractivity (Wildman–Crippen MR) is 90.2 cm³/mol. The molecular formula is C17H21N5O3. The number of nitrogens with one attached hydrogen (secondary N) is 1. The minimum Gasteiger partial charge on any atom is -0.383 e. The van der Waals surface area contributed by atoms with Crippen molar-refractivity contribution in [1.29, 1.82) is 0 Å². The third-order valence-corrected chi connectivity index (χ3v) is 4.15. The summed E-state index contributed by atoms with van der Waals surface area (Å²) >= 11 is 0. The van der Waals surface area contributed by atoms with Gasteiger partial charge in [-0.25, -0.2) is 0 Å². The van der Waals surface area contributed by atoms with E-state index in [1.807, 2.05) is 6.92 Å². The number of ether oxygens (including phenoxy) is 1. The molecule has 25 heavy (non-hydrogen) atoms. The lowest BCUT2D eigenvalue weighted by Gasteiger charge is -2.28. The average molecular weight is 343 g/mol. The summed E-state index contributed by atoms with van der Waals surface area (Å²) in [4.78, 5) is 30.7. The van der Waals surface area contributed by atoms with Crippen LogP contribution in [0.5, 0.6) is 0 Å². The zero-order chi connectivity index (χ0) is 17.8. The van der Waals surface area contributed by atoms with Gasteiger partial charge < -0.3 is 15.0 Å². The number of aryl methyl sites for hydroxylation is 1. The molecule has 0 spiro atoms. The average Bonchev–Trinajstić information content (AvgIpc) is 3.05. The third kappa shape index (κ3) is 3.69. The first-order chi connectivity index (χ1) is 12.1. The minimum atomic E-state index is -0.236. The molecule has 8 nitrogen and oxygen atoms in total. The summed E-state index contributed by atoms with van der Waals surface area (Å²) in [6, 6.07) is 5.28. The number of hydrogen-bond acceptors (Lipinski definition) is 5. The Morgan fingerprint density at radius 1 is 1.36 bits per heavy atom. The first-order valence-electron chi connectivity index (χ1n) is 8.15. The van der Waals surface area contributed by atoms with E-state index < -0.39 is 0 Å². The number of aromatic nitrogens is 3. The zero-order valence-corrected chi connectivity index (χ0v) is 14.4. The van der Waals surface area contributed by atoms with Crippen LogP contribution in [0, 0.1) is 6.92 Å². The molecule has 2 amide bonds. The van der Waals surface area contributed by atoms with Gasteiger partial charge in [0.05, 0.1) is 31.0 Å². The van der Waals surface area contributed by atoms with E-state index >= 15 is 0 Å². The van der Waals surface area contributed by atoms with E-state index in [-0.39, 0.29) is 11.8 Å². The summed E-state index contributed by atoms with van der Waals surface area (Å²) in [7, 11) is 1.58. The summed E-state index contributed by atoms with van der Waals surface area (Å²) in [6.45, 7) is 4.24. The molecule has 2 aromatic heterocycles. The summed E-state index contributed by atoms with van der Waals surface area (Å²) in [5, 5.41) is 7.07. The largest absolute Gasteiger partial charge is 0.383 e. The minimum absolute atomic E-state index is 0.0517. The highest BCUT2D eigenvalue weighted by molar-refractivity contribution is 5.95. The summed E-state index contributed by atoms with van der Waals surface area (Å²) < 4.78 is 6.69. The number of nitrogens with zero attached hydrogens (tertiary/aromatic N) is 4. The lowest BCUT2D eigenvalue weighted by atomic mass is 10.1. The maximum absolute atomic E-state index is 12.7. The molecule has 3 heterocycles. The second-order valence-electron chi connectivity index (χ2n) is 5.86. The quantitative estimate of drug-likeness (QED) is 0.804. The van der Waals surface area contributed by atoms with Crippen LogP contribution in [0.2, 0.25) is 0 Å². The molecule has 0 saturated carbocycles. The molecule has 0 aliphatic carbocycles. The SMILES string of the molecule is COCCNC(=O)c1cc2n(n1)CCN(C(=O)c1cccnc1C)C2.